The Hall–Kier alpha value is -0.300. The first-order valence-corrected chi connectivity index (χ1v) is 4.62. The molecule has 0 aromatic rings. The van der Waals surface area contributed by atoms with Crippen molar-refractivity contribution >= 4 is 0 Å². The van der Waals surface area contributed by atoms with Gasteiger partial charge in [-0.1, -0.05) is 26.0 Å². The Morgan fingerprint density at radius 2 is 2.27 bits per heavy atom. The maximum atomic E-state index is 2.48. The van der Waals surface area contributed by atoms with E-state index < -0.39 is 0 Å². The Labute approximate surface area is 70.1 Å². The second-order valence-corrected chi connectivity index (χ2v) is 3.53. The summed E-state index contributed by atoms with van der Waals surface area (Å²) in [5.41, 5.74) is 0. The van der Waals surface area contributed by atoms with Crippen molar-refractivity contribution in [3.8, 4) is 0 Å². The SMILES string of the molecule is CCC1C(C)C=CCCN1C. The molecule has 2 unspecified atom stereocenters. The zero-order chi connectivity index (χ0) is 8.27. The average Bonchev–Trinajstić information content (AvgIpc) is 2.12. The molecule has 0 aliphatic carbocycles. The lowest BCUT2D eigenvalue weighted by molar-refractivity contribution is 0.209. The highest BCUT2D eigenvalue weighted by atomic mass is 15.1. The largest absolute Gasteiger partial charge is 0.303 e. The summed E-state index contributed by atoms with van der Waals surface area (Å²) in [5.74, 6) is 0.729. The molecular weight excluding hydrogens is 134 g/mol. The fraction of sp³-hybridized carbons (Fsp3) is 0.800. The molecule has 64 valence electrons. The molecule has 0 aromatic carbocycles. The Balaban J connectivity index is 2.60. The molecule has 0 aromatic heterocycles. The first kappa shape index (κ1) is 8.79. The summed E-state index contributed by atoms with van der Waals surface area (Å²) >= 11 is 0. The van der Waals surface area contributed by atoms with Crippen molar-refractivity contribution in [2.45, 2.75) is 32.7 Å². The second-order valence-electron chi connectivity index (χ2n) is 3.53. The van der Waals surface area contributed by atoms with Crippen molar-refractivity contribution < 1.29 is 0 Å². The van der Waals surface area contributed by atoms with Crippen LogP contribution in [0.5, 0.6) is 0 Å². The Kier molecular flexibility index (Phi) is 3.13. The molecule has 0 bridgehead atoms. The Bertz CT molecular complexity index is 140. The molecule has 1 aliphatic rings. The van der Waals surface area contributed by atoms with Crippen LogP contribution in [0.15, 0.2) is 12.2 Å². The minimum atomic E-state index is 0.729. The van der Waals surface area contributed by atoms with Crippen LogP contribution in [-0.2, 0) is 0 Å². The van der Waals surface area contributed by atoms with Gasteiger partial charge >= 0.3 is 0 Å². The van der Waals surface area contributed by atoms with E-state index in [0.717, 1.165) is 12.0 Å². The van der Waals surface area contributed by atoms with E-state index in [1.807, 2.05) is 0 Å². The van der Waals surface area contributed by atoms with E-state index >= 15 is 0 Å². The summed E-state index contributed by atoms with van der Waals surface area (Å²) < 4.78 is 0. The van der Waals surface area contributed by atoms with Crippen molar-refractivity contribution in [3.05, 3.63) is 12.2 Å². The standard InChI is InChI=1S/C10H19N/c1-4-10-9(2)7-5-6-8-11(10)3/h5,7,9-10H,4,6,8H2,1-3H3. The maximum Gasteiger partial charge on any atom is 0.0150 e. The van der Waals surface area contributed by atoms with Gasteiger partial charge in [0.25, 0.3) is 0 Å². The molecule has 1 heterocycles. The van der Waals surface area contributed by atoms with E-state index in [1.165, 1.54) is 19.4 Å². The fourth-order valence-corrected chi connectivity index (χ4v) is 1.97. The van der Waals surface area contributed by atoms with Crippen LogP contribution in [-0.4, -0.2) is 24.5 Å². The lowest BCUT2D eigenvalue weighted by Gasteiger charge is -2.28. The summed E-state index contributed by atoms with van der Waals surface area (Å²) in [6.07, 6.45) is 7.16. The molecule has 0 saturated heterocycles. The van der Waals surface area contributed by atoms with E-state index in [-0.39, 0.29) is 0 Å². The van der Waals surface area contributed by atoms with E-state index in [9.17, 15) is 0 Å². The maximum absolute atomic E-state index is 2.48. The second kappa shape index (κ2) is 3.91. The van der Waals surface area contributed by atoms with Crippen LogP contribution in [0.2, 0.25) is 0 Å². The lowest BCUT2D eigenvalue weighted by atomic mass is 9.99. The molecular formula is C10H19N. The average molecular weight is 153 g/mol. The molecule has 1 heteroatoms. The minimum absolute atomic E-state index is 0.729. The number of hydrogen-bond donors (Lipinski definition) is 0. The van der Waals surface area contributed by atoms with Crippen molar-refractivity contribution in [2.24, 2.45) is 5.92 Å². The third-order valence-corrected chi connectivity index (χ3v) is 2.68. The highest BCUT2D eigenvalue weighted by Gasteiger charge is 2.18. The topological polar surface area (TPSA) is 3.24 Å². The molecule has 0 radical (unpaired) electrons. The first-order valence-electron chi connectivity index (χ1n) is 4.62. The molecule has 0 amide bonds. The van der Waals surface area contributed by atoms with Crippen LogP contribution in [0.1, 0.15) is 26.7 Å². The van der Waals surface area contributed by atoms with Crippen LogP contribution in [0.25, 0.3) is 0 Å². The van der Waals surface area contributed by atoms with Crippen molar-refractivity contribution in [2.75, 3.05) is 13.6 Å². The molecule has 0 spiro atoms. The van der Waals surface area contributed by atoms with Crippen LogP contribution >= 0.6 is 0 Å². The summed E-state index contributed by atoms with van der Waals surface area (Å²) in [6.45, 7) is 5.81. The normalized spacial score (nSPS) is 33.7. The van der Waals surface area contributed by atoms with Gasteiger partial charge in [-0.3, -0.25) is 0 Å². The first-order chi connectivity index (χ1) is 5.25. The summed E-state index contributed by atoms with van der Waals surface area (Å²) in [5, 5.41) is 0. The highest BCUT2D eigenvalue weighted by Crippen LogP contribution is 2.18. The van der Waals surface area contributed by atoms with Gasteiger partial charge in [-0.15, -0.1) is 0 Å². The summed E-state index contributed by atoms with van der Waals surface area (Å²) in [4.78, 5) is 2.48. The third kappa shape index (κ3) is 2.06. The Morgan fingerprint density at radius 3 is 2.91 bits per heavy atom. The predicted octanol–water partition coefficient (Wildman–Crippen LogP) is 2.29. The number of nitrogens with zero attached hydrogens (tertiary/aromatic N) is 1. The van der Waals surface area contributed by atoms with E-state index in [4.69, 9.17) is 0 Å². The molecule has 1 rings (SSSR count). The zero-order valence-corrected chi connectivity index (χ0v) is 7.88. The van der Waals surface area contributed by atoms with Crippen LogP contribution < -0.4 is 0 Å². The fourth-order valence-electron chi connectivity index (χ4n) is 1.97. The highest BCUT2D eigenvalue weighted by molar-refractivity contribution is 4.95. The quantitative estimate of drug-likeness (QED) is 0.522. The smallest absolute Gasteiger partial charge is 0.0150 e. The lowest BCUT2D eigenvalue weighted by Crippen LogP contribution is -2.35. The van der Waals surface area contributed by atoms with E-state index in [2.05, 4.69) is 37.9 Å². The minimum Gasteiger partial charge on any atom is -0.303 e. The summed E-state index contributed by atoms with van der Waals surface area (Å²) in [6, 6.07) is 0.758. The van der Waals surface area contributed by atoms with Crippen molar-refractivity contribution in [1.82, 2.24) is 4.90 Å². The van der Waals surface area contributed by atoms with Gasteiger partial charge in [0.15, 0.2) is 0 Å². The number of hydrogen-bond acceptors (Lipinski definition) is 1. The van der Waals surface area contributed by atoms with Gasteiger partial charge in [-0.25, -0.2) is 0 Å². The Morgan fingerprint density at radius 1 is 1.55 bits per heavy atom. The van der Waals surface area contributed by atoms with Gasteiger partial charge in [0.1, 0.15) is 0 Å². The zero-order valence-electron chi connectivity index (χ0n) is 7.88. The molecule has 0 saturated carbocycles. The monoisotopic (exact) mass is 153 g/mol. The molecule has 11 heavy (non-hydrogen) atoms. The van der Waals surface area contributed by atoms with E-state index in [1.54, 1.807) is 0 Å². The van der Waals surface area contributed by atoms with Crippen LogP contribution in [0.4, 0.5) is 0 Å². The molecule has 0 fully saturated rings. The van der Waals surface area contributed by atoms with Crippen molar-refractivity contribution in [3.63, 3.8) is 0 Å². The van der Waals surface area contributed by atoms with Gasteiger partial charge in [-0.2, -0.15) is 0 Å². The van der Waals surface area contributed by atoms with Gasteiger partial charge in [0.05, 0.1) is 0 Å². The third-order valence-electron chi connectivity index (χ3n) is 2.68. The van der Waals surface area contributed by atoms with E-state index in [0.29, 0.717) is 0 Å². The molecule has 1 aliphatic heterocycles. The van der Waals surface area contributed by atoms with Crippen molar-refractivity contribution in [1.29, 1.82) is 0 Å². The van der Waals surface area contributed by atoms with Gasteiger partial charge < -0.3 is 4.90 Å². The van der Waals surface area contributed by atoms with Crippen LogP contribution in [0, 0.1) is 5.92 Å². The van der Waals surface area contributed by atoms with Gasteiger partial charge in [0.2, 0.25) is 0 Å². The summed E-state index contributed by atoms with van der Waals surface area (Å²) in [7, 11) is 2.23. The molecule has 2 atom stereocenters. The van der Waals surface area contributed by atoms with Crippen LogP contribution in [0.3, 0.4) is 0 Å². The molecule has 1 nitrogen and oxygen atoms in total. The number of rotatable bonds is 1. The predicted molar refractivity (Wildman–Crippen MR) is 49.6 cm³/mol. The van der Waals surface area contributed by atoms with Gasteiger partial charge in [-0.05, 0) is 25.8 Å². The molecule has 0 N–H and O–H groups in total. The van der Waals surface area contributed by atoms with Gasteiger partial charge in [0, 0.05) is 12.6 Å².